The minimum Gasteiger partial charge on any atom is -0.326 e. The zero-order chi connectivity index (χ0) is 17.0. The van der Waals surface area contributed by atoms with Gasteiger partial charge in [0.1, 0.15) is 0 Å². The van der Waals surface area contributed by atoms with E-state index in [2.05, 4.69) is 5.32 Å². The van der Waals surface area contributed by atoms with E-state index in [1.165, 1.54) is 24.3 Å². The number of nitro groups is 1. The molecule has 23 heavy (non-hydrogen) atoms. The van der Waals surface area contributed by atoms with Crippen LogP contribution in [-0.4, -0.2) is 10.8 Å². The first-order valence-corrected chi connectivity index (χ1v) is 6.46. The van der Waals surface area contributed by atoms with Gasteiger partial charge in [0.05, 0.1) is 16.9 Å². The molecule has 2 aromatic carbocycles. The Hall–Kier alpha value is -2.90. The van der Waals surface area contributed by atoms with Crippen LogP contribution in [0.5, 0.6) is 0 Å². The average Bonchev–Trinajstić information content (AvgIpc) is 2.47. The quantitative estimate of drug-likeness (QED) is 0.687. The molecule has 2 rings (SSSR count). The number of carbonyl (C=O) groups excluding carboxylic acids is 1. The monoisotopic (exact) mass is 324 g/mol. The summed E-state index contributed by atoms with van der Waals surface area (Å²) in [5.41, 5.74) is -0.0901. The maximum Gasteiger partial charge on any atom is 0.416 e. The summed E-state index contributed by atoms with van der Waals surface area (Å²) < 4.78 is 37.3. The van der Waals surface area contributed by atoms with Gasteiger partial charge in [-0.25, -0.2) is 0 Å². The van der Waals surface area contributed by atoms with Gasteiger partial charge in [0, 0.05) is 17.8 Å². The fraction of sp³-hybridized carbons (Fsp3) is 0.133. The van der Waals surface area contributed by atoms with Gasteiger partial charge in [-0.2, -0.15) is 13.2 Å². The van der Waals surface area contributed by atoms with E-state index in [4.69, 9.17) is 0 Å². The van der Waals surface area contributed by atoms with Gasteiger partial charge in [-0.15, -0.1) is 0 Å². The summed E-state index contributed by atoms with van der Waals surface area (Å²) in [5.74, 6) is -0.432. The molecule has 0 fully saturated rings. The predicted octanol–water partition coefficient (Wildman–Crippen LogP) is 3.79. The summed E-state index contributed by atoms with van der Waals surface area (Å²) >= 11 is 0. The molecule has 0 aromatic heterocycles. The van der Waals surface area contributed by atoms with Crippen molar-refractivity contribution < 1.29 is 22.9 Å². The normalized spacial score (nSPS) is 11.1. The fourth-order valence-electron chi connectivity index (χ4n) is 1.87. The molecule has 0 heterocycles. The molecule has 0 aliphatic carbocycles. The van der Waals surface area contributed by atoms with E-state index in [0.29, 0.717) is 5.56 Å². The maximum atomic E-state index is 12.4. The minimum absolute atomic E-state index is 0.0426. The SMILES string of the molecule is O=C(Cc1ccc([N+](=O)[O-])cc1)Nc1ccc(C(F)(F)F)cc1. The van der Waals surface area contributed by atoms with Gasteiger partial charge >= 0.3 is 6.18 Å². The average molecular weight is 324 g/mol. The number of hydrogen-bond acceptors (Lipinski definition) is 3. The molecule has 0 spiro atoms. The zero-order valence-electron chi connectivity index (χ0n) is 11.6. The van der Waals surface area contributed by atoms with Crippen LogP contribution in [-0.2, 0) is 17.4 Å². The number of nitro benzene ring substituents is 1. The smallest absolute Gasteiger partial charge is 0.326 e. The Bertz CT molecular complexity index is 710. The van der Waals surface area contributed by atoms with Crippen LogP contribution >= 0.6 is 0 Å². The molecule has 0 aliphatic rings. The third kappa shape index (κ3) is 4.53. The largest absolute Gasteiger partial charge is 0.416 e. The topological polar surface area (TPSA) is 72.2 Å². The van der Waals surface area contributed by atoms with Crippen LogP contribution in [0, 0.1) is 10.1 Å². The van der Waals surface area contributed by atoms with Crippen LogP contribution in [0.4, 0.5) is 24.5 Å². The molecule has 0 bridgehead atoms. The zero-order valence-corrected chi connectivity index (χ0v) is 11.6. The first kappa shape index (κ1) is 16.5. The summed E-state index contributed by atoms with van der Waals surface area (Å²) in [6, 6.07) is 9.53. The van der Waals surface area contributed by atoms with Crippen LogP contribution in [0.25, 0.3) is 0 Å². The van der Waals surface area contributed by atoms with Crippen molar-refractivity contribution in [2.24, 2.45) is 0 Å². The second kappa shape index (κ2) is 6.47. The lowest BCUT2D eigenvalue weighted by Gasteiger charge is -2.09. The van der Waals surface area contributed by atoms with E-state index >= 15 is 0 Å². The van der Waals surface area contributed by atoms with Crippen molar-refractivity contribution in [1.29, 1.82) is 0 Å². The molecule has 0 radical (unpaired) electrons. The Morgan fingerprint density at radius 3 is 2.09 bits per heavy atom. The molecule has 0 saturated carbocycles. The van der Waals surface area contributed by atoms with Gasteiger partial charge in [0.25, 0.3) is 5.69 Å². The third-order valence-corrected chi connectivity index (χ3v) is 3.01. The van der Waals surface area contributed by atoms with Crippen molar-refractivity contribution in [3.05, 3.63) is 69.8 Å². The molecule has 0 atom stereocenters. The number of halogens is 3. The predicted molar refractivity (Wildman–Crippen MR) is 76.9 cm³/mol. The van der Waals surface area contributed by atoms with Gasteiger partial charge in [-0.3, -0.25) is 14.9 Å². The van der Waals surface area contributed by atoms with Crippen LogP contribution in [0.3, 0.4) is 0 Å². The van der Waals surface area contributed by atoms with E-state index in [0.717, 1.165) is 24.3 Å². The van der Waals surface area contributed by atoms with Crippen molar-refractivity contribution in [3.8, 4) is 0 Å². The number of nitrogens with zero attached hydrogens (tertiary/aromatic N) is 1. The lowest BCUT2D eigenvalue weighted by atomic mass is 10.1. The molecule has 0 unspecified atom stereocenters. The Kier molecular flexibility index (Phi) is 4.63. The van der Waals surface area contributed by atoms with E-state index in [9.17, 15) is 28.1 Å². The number of non-ortho nitro benzene ring substituents is 1. The second-order valence-corrected chi connectivity index (χ2v) is 4.72. The van der Waals surface area contributed by atoms with E-state index < -0.39 is 22.6 Å². The van der Waals surface area contributed by atoms with E-state index in [-0.39, 0.29) is 17.8 Å². The number of nitrogens with one attached hydrogen (secondary N) is 1. The van der Waals surface area contributed by atoms with Gasteiger partial charge in [0.2, 0.25) is 5.91 Å². The molecule has 1 amide bonds. The fourth-order valence-corrected chi connectivity index (χ4v) is 1.87. The first-order chi connectivity index (χ1) is 10.8. The Balaban J connectivity index is 1.98. The highest BCUT2D eigenvalue weighted by molar-refractivity contribution is 5.92. The number of hydrogen-bond donors (Lipinski definition) is 1. The summed E-state index contributed by atoms with van der Waals surface area (Å²) in [7, 11) is 0. The summed E-state index contributed by atoms with van der Waals surface area (Å²) in [4.78, 5) is 21.8. The summed E-state index contributed by atoms with van der Waals surface area (Å²) in [6.45, 7) is 0. The molecular weight excluding hydrogens is 313 g/mol. The molecule has 1 N–H and O–H groups in total. The van der Waals surface area contributed by atoms with Crippen LogP contribution < -0.4 is 5.32 Å². The van der Waals surface area contributed by atoms with Crippen molar-refractivity contribution in [3.63, 3.8) is 0 Å². The maximum absolute atomic E-state index is 12.4. The molecule has 0 aliphatic heterocycles. The van der Waals surface area contributed by atoms with Crippen molar-refractivity contribution in [2.45, 2.75) is 12.6 Å². The van der Waals surface area contributed by atoms with Crippen LogP contribution in [0.2, 0.25) is 0 Å². The Morgan fingerprint density at radius 2 is 1.61 bits per heavy atom. The number of anilines is 1. The standard InChI is InChI=1S/C15H11F3N2O3/c16-15(17,18)11-3-5-12(6-4-11)19-14(21)9-10-1-7-13(8-2-10)20(22)23/h1-8H,9H2,(H,19,21). The first-order valence-electron chi connectivity index (χ1n) is 6.46. The number of alkyl halides is 3. The van der Waals surface area contributed by atoms with Crippen molar-refractivity contribution in [1.82, 2.24) is 0 Å². The molecule has 0 saturated heterocycles. The lowest BCUT2D eigenvalue weighted by molar-refractivity contribution is -0.384. The number of amides is 1. The molecule has 5 nitrogen and oxygen atoms in total. The van der Waals surface area contributed by atoms with Crippen molar-refractivity contribution in [2.75, 3.05) is 5.32 Å². The lowest BCUT2D eigenvalue weighted by Crippen LogP contribution is -2.14. The molecule has 120 valence electrons. The number of benzene rings is 2. The number of carbonyl (C=O) groups is 1. The van der Waals surface area contributed by atoms with E-state index in [1.54, 1.807) is 0 Å². The summed E-state index contributed by atoms with van der Waals surface area (Å²) in [5, 5.41) is 13.0. The van der Waals surface area contributed by atoms with Crippen molar-refractivity contribution >= 4 is 17.3 Å². The highest BCUT2D eigenvalue weighted by Gasteiger charge is 2.29. The minimum atomic E-state index is -4.43. The van der Waals surface area contributed by atoms with Gasteiger partial charge in [-0.05, 0) is 29.8 Å². The van der Waals surface area contributed by atoms with Gasteiger partial charge in [-0.1, -0.05) is 12.1 Å². The van der Waals surface area contributed by atoms with Crippen LogP contribution in [0.1, 0.15) is 11.1 Å². The number of rotatable bonds is 4. The highest BCUT2D eigenvalue weighted by atomic mass is 19.4. The van der Waals surface area contributed by atoms with Gasteiger partial charge in [0.15, 0.2) is 0 Å². The Labute approximate surface area is 128 Å². The third-order valence-electron chi connectivity index (χ3n) is 3.01. The molecular formula is C15H11F3N2O3. The summed E-state index contributed by atoms with van der Waals surface area (Å²) in [6.07, 6.45) is -4.47. The van der Waals surface area contributed by atoms with Crippen LogP contribution in [0.15, 0.2) is 48.5 Å². The Morgan fingerprint density at radius 1 is 1.04 bits per heavy atom. The highest BCUT2D eigenvalue weighted by Crippen LogP contribution is 2.29. The molecule has 2 aromatic rings. The molecule has 8 heteroatoms. The van der Waals surface area contributed by atoms with E-state index in [1.807, 2.05) is 0 Å². The van der Waals surface area contributed by atoms with Gasteiger partial charge < -0.3 is 5.32 Å². The second-order valence-electron chi connectivity index (χ2n) is 4.72.